The Labute approximate surface area is 117 Å². The third kappa shape index (κ3) is 3.50. The molecule has 1 heterocycles. The number of carbonyl (C=O) groups is 2. The Morgan fingerprint density at radius 1 is 1.45 bits per heavy atom. The average Bonchev–Trinajstić information content (AvgIpc) is 2.85. The molecule has 0 bridgehead atoms. The molecule has 0 fully saturated rings. The van der Waals surface area contributed by atoms with E-state index in [1.54, 1.807) is 0 Å². The molecule has 0 saturated heterocycles. The molecule has 1 aliphatic heterocycles. The summed E-state index contributed by atoms with van der Waals surface area (Å²) in [6, 6.07) is 4.87. The predicted molar refractivity (Wildman–Crippen MR) is 73.8 cm³/mol. The van der Waals surface area contributed by atoms with E-state index < -0.39 is 12.0 Å². The largest absolute Gasteiger partial charge is 0.493 e. The lowest BCUT2D eigenvalue weighted by Gasteiger charge is -2.13. The molecular weight excluding hydrogens is 258 g/mol. The lowest BCUT2D eigenvalue weighted by molar-refractivity contribution is -0.141. The van der Waals surface area contributed by atoms with Crippen LogP contribution in [0.4, 0.5) is 0 Å². The van der Waals surface area contributed by atoms with Crippen LogP contribution in [0.25, 0.3) is 0 Å². The number of ether oxygens (including phenoxy) is 1. The van der Waals surface area contributed by atoms with E-state index in [4.69, 9.17) is 9.84 Å². The van der Waals surface area contributed by atoms with Gasteiger partial charge in [-0.3, -0.25) is 4.79 Å². The molecule has 0 aromatic heterocycles. The fourth-order valence-corrected chi connectivity index (χ4v) is 2.33. The second kappa shape index (κ2) is 6.41. The molecule has 0 saturated carbocycles. The summed E-state index contributed by atoms with van der Waals surface area (Å²) in [5.74, 6) is -0.365. The molecule has 1 amide bonds. The van der Waals surface area contributed by atoms with Gasteiger partial charge in [-0.1, -0.05) is 25.5 Å². The van der Waals surface area contributed by atoms with Crippen molar-refractivity contribution >= 4 is 11.9 Å². The first-order valence-electron chi connectivity index (χ1n) is 6.87. The topological polar surface area (TPSA) is 75.6 Å². The average molecular weight is 277 g/mol. The first kappa shape index (κ1) is 14.4. The number of benzene rings is 1. The zero-order valence-corrected chi connectivity index (χ0v) is 11.5. The van der Waals surface area contributed by atoms with Crippen molar-refractivity contribution in [2.24, 2.45) is 0 Å². The van der Waals surface area contributed by atoms with E-state index in [2.05, 4.69) is 5.32 Å². The maximum atomic E-state index is 11.9. The summed E-state index contributed by atoms with van der Waals surface area (Å²) in [5, 5.41) is 11.6. The number of rotatable bonds is 6. The number of fused-ring (bicyclic) bond motifs is 1. The Kier molecular flexibility index (Phi) is 4.61. The van der Waals surface area contributed by atoms with Gasteiger partial charge in [0.15, 0.2) is 0 Å². The lowest BCUT2D eigenvalue weighted by Crippen LogP contribution is -2.41. The highest BCUT2D eigenvalue weighted by Crippen LogP contribution is 2.25. The predicted octanol–water partition coefficient (Wildman–Crippen LogP) is 1.53. The van der Waals surface area contributed by atoms with Gasteiger partial charge < -0.3 is 15.2 Å². The van der Waals surface area contributed by atoms with Crippen LogP contribution in [0.3, 0.4) is 0 Å². The third-order valence-corrected chi connectivity index (χ3v) is 3.33. The van der Waals surface area contributed by atoms with E-state index in [-0.39, 0.29) is 12.3 Å². The van der Waals surface area contributed by atoms with Crippen LogP contribution in [-0.4, -0.2) is 29.6 Å². The highest BCUT2D eigenvalue weighted by Gasteiger charge is 2.19. The molecule has 20 heavy (non-hydrogen) atoms. The summed E-state index contributed by atoms with van der Waals surface area (Å²) in [7, 11) is 0. The van der Waals surface area contributed by atoms with Crippen molar-refractivity contribution in [1.29, 1.82) is 0 Å². The number of carboxylic acid groups (broad SMARTS) is 1. The van der Waals surface area contributed by atoms with E-state index in [9.17, 15) is 9.59 Å². The SMILES string of the molecule is CCCC(NC(=O)Cc1ccc2c(c1)CCO2)C(=O)O. The normalized spacial score (nSPS) is 14.2. The minimum absolute atomic E-state index is 0.195. The molecule has 1 aromatic carbocycles. The van der Waals surface area contributed by atoms with Crippen LogP contribution in [-0.2, 0) is 22.4 Å². The molecule has 1 aliphatic rings. The zero-order chi connectivity index (χ0) is 14.5. The maximum Gasteiger partial charge on any atom is 0.326 e. The summed E-state index contributed by atoms with van der Waals surface area (Å²) < 4.78 is 5.41. The van der Waals surface area contributed by atoms with Gasteiger partial charge in [0.05, 0.1) is 13.0 Å². The minimum atomic E-state index is -0.984. The van der Waals surface area contributed by atoms with Gasteiger partial charge in [0, 0.05) is 6.42 Å². The van der Waals surface area contributed by atoms with Gasteiger partial charge in [-0.25, -0.2) is 4.79 Å². The molecule has 0 spiro atoms. The molecule has 2 rings (SSSR count). The Morgan fingerprint density at radius 2 is 2.25 bits per heavy atom. The summed E-state index contributed by atoms with van der Waals surface area (Å²) in [4.78, 5) is 22.9. The van der Waals surface area contributed by atoms with Gasteiger partial charge in [0.25, 0.3) is 0 Å². The number of carboxylic acids is 1. The summed E-state index contributed by atoms with van der Waals surface area (Å²) in [6.07, 6.45) is 2.21. The third-order valence-electron chi connectivity index (χ3n) is 3.33. The number of aliphatic carboxylic acids is 1. The molecule has 2 N–H and O–H groups in total. The van der Waals surface area contributed by atoms with E-state index in [1.807, 2.05) is 25.1 Å². The fourth-order valence-electron chi connectivity index (χ4n) is 2.33. The van der Waals surface area contributed by atoms with Crippen molar-refractivity contribution in [3.8, 4) is 5.75 Å². The highest BCUT2D eigenvalue weighted by molar-refractivity contribution is 5.84. The first-order chi connectivity index (χ1) is 9.60. The molecule has 0 aliphatic carbocycles. The van der Waals surface area contributed by atoms with Crippen molar-refractivity contribution < 1.29 is 19.4 Å². The van der Waals surface area contributed by atoms with Crippen molar-refractivity contribution in [3.63, 3.8) is 0 Å². The van der Waals surface area contributed by atoms with Gasteiger partial charge in [-0.05, 0) is 23.6 Å². The smallest absolute Gasteiger partial charge is 0.326 e. The molecule has 5 heteroatoms. The molecule has 1 unspecified atom stereocenters. The fraction of sp³-hybridized carbons (Fsp3) is 0.467. The summed E-state index contributed by atoms with van der Waals surface area (Å²) in [6.45, 7) is 2.57. The van der Waals surface area contributed by atoms with Crippen molar-refractivity contribution in [2.45, 2.75) is 38.6 Å². The van der Waals surface area contributed by atoms with Crippen LogP contribution in [0.1, 0.15) is 30.9 Å². The number of hydrogen-bond donors (Lipinski definition) is 2. The first-order valence-corrected chi connectivity index (χ1v) is 6.87. The van der Waals surface area contributed by atoms with Crippen LogP contribution in [0.15, 0.2) is 18.2 Å². The lowest BCUT2D eigenvalue weighted by atomic mass is 10.1. The molecule has 108 valence electrons. The van der Waals surface area contributed by atoms with E-state index in [0.717, 1.165) is 23.3 Å². The van der Waals surface area contributed by atoms with Gasteiger partial charge in [0.1, 0.15) is 11.8 Å². The van der Waals surface area contributed by atoms with Gasteiger partial charge >= 0.3 is 5.97 Å². The molecular formula is C15H19NO4. The number of nitrogens with one attached hydrogen (secondary N) is 1. The number of amides is 1. The maximum absolute atomic E-state index is 11.9. The van der Waals surface area contributed by atoms with Crippen LogP contribution in [0.5, 0.6) is 5.75 Å². The van der Waals surface area contributed by atoms with Gasteiger partial charge in [0.2, 0.25) is 5.91 Å². The summed E-state index contributed by atoms with van der Waals surface area (Å²) >= 11 is 0. The van der Waals surface area contributed by atoms with Crippen LogP contribution < -0.4 is 10.1 Å². The van der Waals surface area contributed by atoms with Crippen molar-refractivity contribution in [3.05, 3.63) is 29.3 Å². The van der Waals surface area contributed by atoms with Crippen molar-refractivity contribution in [2.75, 3.05) is 6.61 Å². The van der Waals surface area contributed by atoms with Crippen LogP contribution in [0, 0.1) is 0 Å². The molecule has 0 radical (unpaired) electrons. The van der Waals surface area contributed by atoms with Gasteiger partial charge in [-0.15, -0.1) is 0 Å². The second-order valence-electron chi connectivity index (χ2n) is 4.96. The second-order valence-corrected chi connectivity index (χ2v) is 4.96. The number of carbonyl (C=O) groups excluding carboxylic acids is 1. The van der Waals surface area contributed by atoms with E-state index >= 15 is 0 Å². The van der Waals surface area contributed by atoms with Crippen LogP contribution >= 0.6 is 0 Å². The highest BCUT2D eigenvalue weighted by atomic mass is 16.5. The van der Waals surface area contributed by atoms with Crippen molar-refractivity contribution in [1.82, 2.24) is 5.32 Å². The Balaban J connectivity index is 1.95. The monoisotopic (exact) mass is 277 g/mol. The Hall–Kier alpha value is -2.04. The van der Waals surface area contributed by atoms with E-state index in [1.165, 1.54) is 0 Å². The zero-order valence-electron chi connectivity index (χ0n) is 11.5. The Bertz CT molecular complexity index is 513. The van der Waals surface area contributed by atoms with E-state index in [0.29, 0.717) is 19.4 Å². The molecule has 1 aromatic rings. The van der Waals surface area contributed by atoms with Gasteiger partial charge in [-0.2, -0.15) is 0 Å². The summed E-state index contributed by atoms with van der Waals surface area (Å²) in [5.41, 5.74) is 1.99. The molecule has 1 atom stereocenters. The standard InChI is InChI=1S/C15H19NO4/c1-2-3-12(15(18)19)16-14(17)9-10-4-5-13-11(8-10)6-7-20-13/h4-5,8,12H,2-3,6-7,9H2,1H3,(H,16,17)(H,18,19). The number of hydrogen-bond acceptors (Lipinski definition) is 3. The Morgan fingerprint density at radius 3 is 2.95 bits per heavy atom. The molecule has 5 nitrogen and oxygen atoms in total. The quantitative estimate of drug-likeness (QED) is 0.827. The van der Waals surface area contributed by atoms with Crippen LogP contribution in [0.2, 0.25) is 0 Å². The minimum Gasteiger partial charge on any atom is -0.493 e.